The van der Waals surface area contributed by atoms with Crippen LogP contribution in [0, 0.1) is 13.8 Å². The largest absolute Gasteiger partial charge is 0.503 e. The second kappa shape index (κ2) is 11.3. The van der Waals surface area contributed by atoms with Crippen LogP contribution in [-0.4, -0.2) is 34.4 Å². The third-order valence-corrected chi connectivity index (χ3v) is 7.91. The molecule has 1 aliphatic rings. The number of benzene rings is 3. The van der Waals surface area contributed by atoms with E-state index in [1.165, 1.54) is 16.2 Å². The van der Waals surface area contributed by atoms with Gasteiger partial charge in [-0.15, -0.1) is 11.3 Å². The van der Waals surface area contributed by atoms with Crippen LogP contribution in [-0.2, 0) is 20.7 Å². The van der Waals surface area contributed by atoms with Gasteiger partial charge in [-0.2, -0.15) is 0 Å². The summed E-state index contributed by atoms with van der Waals surface area (Å²) in [6.07, 6.45) is 0.102. The van der Waals surface area contributed by atoms with Crippen molar-refractivity contribution >= 4 is 34.7 Å². The third-order valence-electron chi connectivity index (χ3n) is 6.70. The van der Waals surface area contributed by atoms with E-state index in [1.54, 1.807) is 38.1 Å². The molecule has 1 aliphatic heterocycles. The molecule has 4 aromatic rings. The molecule has 1 aromatic heterocycles. The molecule has 0 radical (unpaired) electrons. The number of nitrogens with zero attached hydrogens (tertiary/aromatic N) is 2. The zero-order chi connectivity index (χ0) is 28.4. The highest BCUT2D eigenvalue weighted by atomic mass is 32.1. The summed E-state index contributed by atoms with van der Waals surface area (Å²) in [7, 11) is 0. The first kappa shape index (κ1) is 27.0. The van der Waals surface area contributed by atoms with Gasteiger partial charge in [-0.1, -0.05) is 72.3 Å². The number of hydrogen-bond donors (Lipinski definition) is 1. The molecule has 1 N–H and O–H groups in total. The summed E-state index contributed by atoms with van der Waals surface area (Å²) in [5.41, 5.74) is 4.29. The van der Waals surface area contributed by atoms with Crippen molar-refractivity contribution < 1.29 is 24.2 Å². The molecular weight excluding hydrogens is 524 g/mol. The summed E-state index contributed by atoms with van der Waals surface area (Å²) in [6.45, 7) is 5.73. The van der Waals surface area contributed by atoms with Crippen LogP contribution in [0.15, 0.2) is 90.2 Å². The summed E-state index contributed by atoms with van der Waals surface area (Å²) >= 11 is 1.24. The van der Waals surface area contributed by atoms with Crippen LogP contribution in [0.5, 0.6) is 0 Å². The van der Waals surface area contributed by atoms with Crippen molar-refractivity contribution in [1.29, 1.82) is 0 Å². The molecule has 5 rings (SSSR count). The SMILES string of the molecule is CCOC(=O)Cc1ccc(N2C(=O)C(O)=C(C(=O)c3sc(-c4ccccc4)nc3C)C2c2cccc(C)c2)cc1. The molecular formula is C32H28N2O5S. The Hall–Kier alpha value is -4.56. The van der Waals surface area contributed by atoms with Crippen LogP contribution in [0.4, 0.5) is 5.69 Å². The van der Waals surface area contributed by atoms with Gasteiger partial charge in [-0.3, -0.25) is 19.3 Å². The number of thiazole rings is 1. The Kier molecular flexibility index (Phi) is 7.62. The topological polar surface area (TPSA) is 96.8 Å². The maximum atomic E-state index is 14.1. The number of aliphatic hydroxyl groups is 1. The first-order valence-electron chi connectivity index (χ1n) is 12.9. The molecule has 0 fully saturated rings. The molecule has 40 heavy (non-hydrogen) atoms. The zero-order valence-corrected chi connectivity index (χ0v) is 23.2. The fourth-order valence-electron chi connectivity index (χ4n) is 4.85. The van der Waals surface area contributed by atoms with Crippen LogP contribution in [0.25, 0.3) is 10.6 Å². The molecule has 8 heteroatoms. The highest BCUT2D eigenvalue weighted by Gasteiger charge is 2.45. The Balaban J connectivity index is 1.55. The van der Waals surface area contributed by atoms with Crippen molar-refractivity contribution in [3.05, 3.63) is 117 Å². The van der Waals surface area contributed by atoms with E-state index in [1.807, 2.05) is 61.5 Å². The molecule has 0 saturated heterocycles. The highest BCUT2D eigenvalue weighted by Crippen LogP contribution is 2.43. The minimum Gasteiger partial charge on any atom is -0.503 e. The van der Waals surface area contributed by atoms with Crippen LogP contribution in [0.2, 0.25) is 0 Å². The lowest BCUT2D eigenvalue weighted by Crippen LogP contribution is -2.31. The Morgan fingerprint density at radius 1 is 1.00 bits per heavy atom. The molecule has 1 unspecified atom stereocenters. The second-order valence-electron chi connectivity index (χ2n) is 9.53. The summed E-state index contributed by atoms with van der Waals surface area (Å²) in [5, 5.41) is 11.8. The molecule has 0 saturated carbocycles. The lowest BCUT2D eigenvalue weighted by Gasteiger charge is -2.27. The fourth-order valence-corrected chi connectivity index (χ4v) is 5.87. The summed E-state index contributed by atoms with van der Waals surface area (Å²) < 4.78 is 5.03. The molecule has 0 aliphatic carbocycles. The average Bonchev–Trinajstić information content (AvgIpc) is 3.46. The zero-order valence-electron chi connectivity index (χ0n) is 22.4. The number of hydrogen-bond acceptors (Lipinski definition) is 7. The van der Waals surface area contributed by atoms with E-state index in [9.17, 15) is 19.5 Å². The van der Waals surface area contributed by atoms with Crippen LogP contribution in [0.1, 0.15) is 45.0 Å². The van der Waals surface area contributed by atoms with Crippen molar-refractivity contribution in [3.63, 3.8) is 0 Å². The number of carbonyl (C=O) groups is 3. The van der Waals surface area contributed by atoms with Gasteiger partial charge in [0.15, 0.2) is 5.76 Å². The van der Waals surface area contributed by atoms with Crippen molar-refractivity contribution in [1.82, 2.24) is 4.98 Å². The normalized spacial score (nSPS) is 15.0. The predicted octanol–water partition coefficient (Wildman–Crippen LogP) is 6.32. The quantitative estimate of drug-likeness (QED) is 0.203. The van der Waals surface area contributed by atoms with E-state index in [4.69, 9.17) is 4.74 Å². The number of aliphatic hydroxyl groups excluding tert-OH is 1. The standard InChI is InChI=1S/C32H28N2O5S/c1-4-39-25(35)18-21-13-15-24(16-14-21)34-27(23-12-8-9-19(2)17-23)26(29(37)32(34)38)28(36)30-20(3)33-31(40-30)22-10-6-5-7-11-22/h5-17,27,37H,4,18H2,1-3H3. The van der Waals surface area contributed by atoms with E-state index in [0.29, 0.717) is 33.4 Å². The van der Waals surface area contributed by atoms with Gasteiger partial charge in [0.05, 0.1) is 35.2 Å². The first-order valence-corrected chi connectivity index (χ1v) is 13.8. The van der Waals surface area contributed by atoms with Crippen molar-refractivity contribution in [2.24, 2.45) is 0 Å². The van der Waals surface area contributed by atoms with Gasteiger partial charge in [0, 0.05) is 11.3 Å². The molecule has 1 atom stereocenters. The molecule has 7 nitrogen and oxygen atoms in total. The Labute approximate surface area is 236 Å². The van der Waals surface area contributed by atoms with Crippen molar-refractivity contribution in [3.8, 4) is 10.6 Å². The van der Waals surface area contributed by atoms with Gasteiger partial charge in [-0.05, 0) is 44.0 Å². The molecule has 0 spiro atoms. The number of anilines is 1. The Morgan fingerprint density at radius 3 is 2.40 bits per heavy atom. The summed E-state index contributed by atoms with van der Waals surface area (Å²) in [6, 6.07) is 23.1. The number of Topliss-reactive ketones (excluding diaryl/α,β-unsaturated/α-hetero) is 1. The first-order chi connectivity index (χ1) is 19.3. The molecule has 2 heterocycles. The van der Waals surface area contributed by atoms with Crippen LogP contribution in [0.3, 0.4) is 0 Å². The molecule has 0 bridgehead atoms. The van der Waals surface area contributed by atoms with Crippen molar-refractivity contribution in [2.75, 3.05) is 11.5 Å². The van der Waals surface area contributed by atoms with Gasteiger partial charge in [0.25, 0.3) is 5.91 Å². The molecule has 202 valence electrons. The van der Waals surface area contributed by atoms with Gasteiger partial charge < -0.3 is 9.84 Å². The van der Waals surface area contributed by atoms with Crippen LogP contribution < -0.4 is 4.90 Å². The monoisotopic (exact) mass is 552 g/mol. The number of rotatable bonds is 8. The summed E-state index contributed by atoms with van der Waals surface area (Å²) in [4.78, 5) is 46.0. The Bertz CT molecular complexity index is 1620. The van der Waals surface area contributed by atoms with E-state index in [2.05, 4.69) is 4.98 Å². The van der Waals surface area contributed by atoms with Gasteiger partial charge in [0.1, 0.15) is 5.01 Å². The second-order valence-corrected chi connectivity index (χ2v) is 10.5. The number of esters is 1. The number of ketones is 1. The van der Waals surface area contributed by atoms with Crippen molar-refractivity contribution in [2.45, 2.75) is 33.2 Å². The number of ether oxygens (including phenoxy) is 1. The van der Waals surface area contributed by atoms with Crippen LogP contribution >= 0.6 is 11.3 Å². The molecule has 3 aromatic carbocycles. The number of aromatic nitrogens is 1. The number of amides is 1. The minimum absolute atomic E-state index is 0.0116. The highest BCUT2D eigenvalue weighted by molar-refractivity contribution is 7.17. The number of aryl methyl sites for hydroxylation is 2. The maximum Gasteiger partial charge on any atom is 0.310 e. The lowest BCUT2D eigenvalue weighted by molar-refractivity contribution is -0.142. The third kappa shape index (κ3) is 5.18. The van der Waals surface area contributed by atoms with E-state index < -0.39 is 23.5 Å². The summed E-state index contributed by atoms with van der Waals surface area (Å²) in [5.74, 6) is -2.03. The maximum absolute atomic E-state index is 14.1. The van der Waals surface area contributed by atoms with Gasteiger partial charge in [0.2, 0.25) is 5.78 Å². The average molecular weight is 553 g/mol. The van der Waals surface area contributed by atoms with E-state index in [-0.39, 0.29) is 18.0 Å². The number of carbonyl (C=O) groups excluding carboxylic acids is 3. The van der Waals surface area contributed by atoms with Gasteiger partial charge in [-0.25, -0.2) is 4.98 Å². The Morgan fingerprint density at radius 2 is 1.73 bits per heavy atom. The smallest absolute Gasteiger partial charge is 0.310 e. The van der Waals surface area contributed by atoms with E-state index in [0.717, 1.165) is 16.7 Å². The fraction of sp³-hybridized carbons (Fsp3) is 0.188. The van der Waals surface area contributed by atoms with Gasteiger partial charge >= 0.3 is 5.97 Å². The lowest BCUT2D eigenvalue weighted by atomic mass is 9.94. The minimum atomic E-state index is -0.850. The predicted molar refractivity (Wildman–Crippen MR) is 154 cm³/mol. The molecule has 1 amide bonds. The van der Waals surface area contributed by atoms with E-state index >= 15 is 0 Å².